The summed E-state index contributed by atoms with van der Waals surface area (Å²) in [5, 5.41) is 34.5. The zero-order valence-corrected chi connectivity index (χ0v) is 26.7. The Labute approximate surface area is 287 Å². The van der Waals surface area contributed by atoms with Crippen LogP contribution in [0.2, 0.25) is 0 Å². The number of aromatic nitrogens is 2. The van der Waals surface area contributed by atoms with Crippen molar-refractivity contribution in [1.82, 2.24) is 9.13 Å². The molecule has 0 aliphatic heterocycles. The van der Waals surface area contributed by atoms with E-state index in [4.69, 9.17) is 0 Å². The van der Waals surface area contributed by atoms with Gasteiger partial charge in [-0.3, -0.25) is 0 Å². The molecule has 0 N–H and O–H groups in total. The zero-order valence-electron chi connectivity index (χ0n) is 26.7. The molecule has 5 nitrogen and oxygen atoms in total. The van der Waals surface area contributed by atoms with Crippen LogP contribution in [-0.4, -0.2) is 9.13 Å². The molecule has 2 heterocycles. The second-order valence-corrected chi connectivity index (χ2v) is 12.3. The molecule has 0 radical (unpaired) electrons. The first-order valence-electron chi connectivity index (χ1n) is 16.3. The summed E-state index contributed by atoms with van der Waals surface area (Å²) < 4.78 is 4.51. The smallest absolute Gasteiger partial charge is 0.0998 e. The third kappa shape index (κ3) is 4.38. The highest BCUT2D eigenvalue weighted by atomic mass is 15.0. The summed E-state index contributed by atoms with van der Waals surface area (Å²) >= 11 is 0. The van der Waals surface area contributed by atoms with Crippen LogP contribution in [0.5, 0.6) is 0 Å². The molecule has 230 valence electrons. The predicted molar refractivity (Wildman–Crippen MR) is 200 cm³/mol. The van der Waals surface area contributed by atoms with E-state index in [-0.39, 0.29) is 0 Å². The zero-order chi connectivity index (χ0) is 33.8. The lowest BCUT2D eigenvalue weighted by Crippen LogP contribution is -1.98. The fourth-order valence-corrected chi connectivity index (χ4v) is 7.45. The summed E-state index contributed by atoms with van der Waals surface area (Å²) in [4.78, 5) is 0. The molecule has 9 rings (SSSR count). The summed E-state index contributed by atoms with van der Waals surface area (Å²) in [6.45, 7) is 0. The second-order valence-electron chi connectivity index (χ2n) is 12.3. The van der Waals surface area contributed by atoms with Gasteiger partial charge in [-0.2, -0.15) is 15.8 Å². The maximum atomic E-state index is 10.2. The maximum Gasteiger partial charge on any atom is 0.0998 e. The summed E-state index contributed by atoms with van der Waals surface area (Å²) in [5.74, 6) is 0. The molecular weight excluding hydrogens is 611 g/mol. The van der Waals surface area contributed by atoms with E-state index in [9.17, 15) is 15.8 Å². The van der Waals surface area contributed by atoms with Crippen molar-refractivity contribution < 1.29 is 0 Å². The second kappa shape index (κ2) is 11.4. The van der Waals surface area contributed by atoms with Crippen LogP contribution in [-0.2, 0) is 0 Å². The van der Waals surface area contributed by atoms with Gasteiger partial charge in [0.05, 0.1) is 57.0 Å². The Morgan fingerprint density at radius 2 is 0.880 bits per heavy atom. The fraction of sp³-hybridized carbons (Fsp3) is 0. The van der Waals surface area contributed by atoms with Crippen molar-refractivity contribution in [3.8, 4) is 51.8 Å². The summed E-state index contributed by atoms with van der Waals surface area (Å²) in [7, 11) is 0. The topological polar surface area (TPSA) is 81.2 Å². The normalized spacial score (nSPS) is 11.1. The van der Waals surface area contributed by atoms with E-state index in [0.717, 1.165) is 60.9 Å². The molecule has 9 aromatic rings. The Hall–Kier alpha value is -7.39. The first-order valence-corrected chi connectivity index (χ1v) is 16.3. The molecule has 0 amide bonds. The number of hydrogen-bond donors (Lipinski definition) is 0. The minimum Gasteiger partial charge on any atom is -0.309 e. The number of nitrogens with zero attached hydrogens (tertiary/aromatic N) is 5. The van der Waals surface area contributed by atoms with Gasteiger partial charge in [0.15, 0.2) is 0 Å². The third-order valence-corrected chi connectivity index (χ3v) is 9.59. The molecule has 0 saturated heterocycles. The van der Waals surface area contributed by atoms with Gasteiger partial charge in [0.1, 0.15) is 0 Å². The lowest BCUT2D eigenvalue weighted by Gasteiger charge is -2.16. The average molecular weight is 636 g/mol. The van der Waals surface area contributed by atoms with Gasteiger partial charge in [-0.1, -0.05) is 72.8 Å². The van der Waals surface area contributed by atoms with Gasteiger partial charge in [-0.25, -0.2) is 0 Å². The molecule has 2 aromatic heterocycles. The Morgan fingerprint density at radius 3 is 1.50 bits per heavy atom. The van der Waals surface area contributed by atoms with Crippen molar-refractivity contribution in [2.24, 2.45) is 0 Å². The standard InChI is InChI=1S/C45H25N5/c46-26-29-19-20-44-40(21-29)39-15-3-6-18-43(39)50(44)36-24-33(22-34(25-36)45-31(27-47)10-7-11-32(45)28-48)30-9-8-12-35(23-30)49-41-16-4-1-13-37(41)38-14-2-5-17-42(38)49/h1-25H. The Bertz CT molecular complexity index is 2890. The molecule has 7 aromatic carbocycles. The quantitative estimate of drug-likeness (QED) is 0.193. The molecule has 0 unspecified atom stereocenters. The summed E-state index contributed by atoms with van der Waals surface area (Å²) in [6.07, 6.45) is 0. The fourth-order valence-electron chi connectivity index (χ4n) is 7.45. The van der Waals surface area contributed by atoms with Crippen molar-refractivity contribution in [2.45, 2.75) is 0 Å². The molecule has 50 heavy (non-hydrogen) atoms. The van der Waals surface area contributed by atoms with Gasteiger partial charge >= 0.3 is 0 Å². The van der Waals surface area contributed by atoms with E-state index in [1.54, 1.807) is 18.2 Å². The van der Waals surface area contributed by atoms with Crippen molar-refractivity contribution in [3.63, 3.8) is 0 Å². The van der Waals surface area contributed by atoms with Gasteiger partial charge < -0.3 is 9.13 Å². The lowest BCUT2D eigenvalue weighted by atomic mass is 9.92. The largest absolute Gasteiger partial charge is 0.309 e. The molecule has 0 fully saturated rings. The van der Waals surface area contributed by atoms with Gasteiger partial charge in [0.25, 0.3) is 0 Å². The van der Waals surface area contributed by atoms with Gasteiger partial charge in [-0.15, -0.1) is 0 Å². The number of para-hydroxylation sites is 3. The van der Waals surface area contributed by atoms with E-state index >= 15 is 0 Å². The van der Waals surface area contributed by atoms with E-state index < -0.39 is 0 Å². The first-order chi connectivity index (χ1) is 24.7. The van der Waals surface area contributed by atoms with Crippen molar-refractivity contribution in [2.75, 3.05) is 0 Å². The Balaban J connectivity index is 1.34. The van der Waals surface area contributed by atoms with Gasteiger partial charge in [-0.05, 0) is 95.6 Å². The third-order valence-electron chi connectivity index (χ3n) is 9.59. The molecule has 0 saturated carbocycles. The number of benzene rings is 7. The molecule has 0 spiro atoms. The highest BCUT2D eigenvalue weighted by Gasteiger charge is 2.18. The van der Waals surface area contributed by atoms with Crippen LogP contribution in [0.3, 0.4) is 0 Å². The number of rotatable bonds is 4. The highest BCUT2D eigenvalue weighted by Crippen LogP contribution is 2.39. The van der Waals surface area contributed by atoms with E-state index in [1.165, 1.54) is 10.8 Å². The number of nitriles is 3. The van der Waals surface area contributed by atoms with Gasteiger partial charge in [0, 0.05) is 38.5 Å². The Morgan fingerprint density at radius 1 is 0.360 bits per heavy atom. The van der Waals surface area contributed by atoms with E-state index in [1.807, 2.05) is 30.3 Å². The van der Waals surface area contributed by atoms with Crippen LogP contribution < -0.4 is 0 Å². The van der Waals surface area contributed by atoms with Crippen molar-refractivity contribution >= 4 is 43.6 Å². The molecule has 0 atom stereocenters. The minimum atomic E-state index is 0.437. The van der Waals surface area contributed by atoms with Crippen LogP contribution in [0.1, 0.15) is 16.7 Å². The van der Waals surface area contributed by atoms with Gasteiger partial charge in [0.2, 0.25) is 0 Å². The van der Waals surface area contributed by atoms with Crippen LogP contribution in [0.25, 0.3) is 77.2 Å². The molecule has 0 aliphatic rings. The maximum absolute atomic E-state index is 10.2. The van der Waals surface area contributed by atoms with Crippen molar-refractivity contribution in [3.05, 3.63) is 168 Å². The highest BCUT2D eigenvalue weighted by molar-refractivity contribution is 6.10. The van der Waals surface area contributed by atoms with Crippen LogP contribution in [0, 0.1) is 34.0 Å². The van der Waals surface area contributed by atoms with Crippen LogP contribution in [0.15, 0.2) is 152 Å². The number of fused-ring (bicyclic) bond motifs is 6. The molecule has 0 aliphatic carbocycles. The average Bonchev–Trinajstić information content (AvgIpc) is 3.70. The van der Waals surface area contributed by atoms with E-state index in [0.29, 0.717) is 22.3 Å². The lowest BCUT2D eigenvalue weighted by molar-refractivity contribution is 1.17. The van der Waals surface area contributed by atoms with Crippen LogP contribution >= 0.6 is 0 Å². The number of hydrogen-bond acceptors (Lipinski definition) is 3. The SMILES string of the molecule is N#Cc1ccc2c(c1)c1ccccc1n2-c1cc(-c2cccc(-n3c4ccccc4c4ccccc43)c2)cc(-c2c(C#N)cccc2C#N)c1. The Kier molecular flexibility index (Phi) is 6.56. The molecule has 5 heteroatoms. The van der Waals surface area contributed by atoms with Crippen LogP contribution in [0.4, 0.5) is 0 Å². The van der Waals surface area contributed by atoms with Crippen molar-refractivity contribution in [1.29, 1.82) is 15.8 Å². The molecular formula is C45H25N5. The van der Waals surface area contributed by atoms with E-state index in [2.05, 4.69) is 130 Å². The summed E-state index contributed by atoms with van der Waals surface area (Å²) in [6, 6.07) is 57.9. The molecule has 0 bridgehead atoms. The minimum absolute atomic E-state index is 0.437. The first kappa shape index (κ1) is 28.8. The monoisotopic (exact) mass is 635 g/mol. The summed E-state index contributed by atoms with van der Waals surface area (Å²) in [5.41, 5.74) is 10.9. The predicted octanol–water partition coefficient (Wildman–Crippen LogP) is 10.8.